The average molecular weight is 391 g/mol. The van der Waals surface area contributed by atoms with E-state index in [1.165, 1.54) is 0 Å². The average Bonchev–Trinajstić information content (AvgIpc) is 2.98. The summed E-state index contributed by atoms with van der Waals surface area (Å²) in [5.74, 6) is 0.720. The predicted octanol–water partition coefficient (Wildman–Crippen LogP) is 3.86. The maximum atomic E-state index is 9.33. The van der Waals surface area contributed by atoms with Crippen molar-refractivity contribution in [2.45, 2.75) is 29.5 Å². The van der Waals surface area contributed by atoms with E-state index in [0.717, 1.165) is 27.1 Å². The summed E-state index contributed by atoms with van der Waals surface area (Å²) in [6, 6.07) is 11.5. The molecule has 136 valence electrons. The number of H-pyrrole nitrogens is 1. The van der Waals surface area contributed by atoms with Crippen molar-refractivity contribution in [1.82, 2.24) is 9.97 Å². The van der Waals surface area contributed by atoms with Gasteiger partial charge in [-0.3, -0.25) is 0 Å². The third kappa shape index (κ3) is 4.38. The van der Waals surface area contributed by atoms with Crippen LogP contribution in [0.15, 0.2) is 59.0 Å². The lowest BCUT2D eigenvalue weighted by Gasteiger charge is -2.23. The molecule has 0 atom stereocenters. The molecular formula is C19H21ClN3O2S+. The molecule has 0 aliphatic carbocycles. The predicted molar refractivity (Wildman–Crippen MR) is 103 cm³/mol. The Hall–Kier alpha value is -2.02. The Balaban J connectivity index is 1.85. The van der Waals surface area contributed by atoms with Gasteiger partial charge in [0.15, 0.2) is 5.69 Å². The van der Waals surface area contributed by atoms with Crippen LogP contribution in [0.2, 0.25) is 5.02 Å². The van der Waals surface area contributed by atoms with E-state index in [1.54, 1.807) is 18.0 Å². The number of aryl methyl sites for hydroxylation is 1. The van der Waals surface area contributed by atoms with Crippen molar-refractivity contribution in [1.29, 1.82) is 0 Å². The third-order valence-electron chi connectivity index (χ3n) is 3.76. The molecule has 0 amide bonds. The topological polar surface area (TPSA) is 62.0 Å². The van der Waals surface area contributed by atoms with Crippen LogP contribution in [0.5, 0.6) is 5.75 Å². The summed E-state index contributed by atoms with van der Waals surface area (Å²) in [7, 11) is 1.99. The van der Waals surface area contributed by atoms with Crippen LogP contribution in [-0.4, -0.2) is 27.3 Å². The molecule has 0 saturated heterocycles. The third-order valence-corrected chi connectivity index (χ3v) is 5.12. The van der Waals surface area contributed by atoms with Crippen molar-refractivity contribution in [3.63, 3.8) is 0 Å². The number of hydrogen-bond acceptors (Lipinski definition) is 4. The molecule has 0 bridgehead atoms. The SMILES string of the molecule is C[n+]1c[nH]c(-c2ccc(OC(C)(C)CO)cc2)c1Sc1ccc(Cl)cn1. The first kappa shape index (κ1) is 18.8. The fourth-order valence-corrected chi connectivity index (χ4v) is 3.38. The Kier molecular flexibility index (Phi) is 5.55. The number of halogens is 1. The summed E-state index contributed by atoms with van der Waals surface area (Å²) in [6.07, 6.45) is 3.55. The Morgan fingerprint density at radius 3 is 2.58 bits per heavy atom. The number of ether oxygens (including phenoxy) is 1. The maximum Gasteiger partial charge on any atom is 0.242 e. The minimum absolute atomic E-state index is 0.0455. The minimum atomic E-state index is -0.609. The molecule has 0 unspecified atom stereocenters. The first-order valence-electron chi connectivity index (χ1n) is 8.15. The highest BCUT2D eigenvalue weighted by atomic mass is 35.5. The molecule has 7 heteroatoms. The first-order chi connectivity index (χ1) is 12.4. The lowest BCUT2D eigenvalue weighted by molar-refractivity contribution is -0.706. The van der Waals surface area contributed by atoms with Gasteiger partial charge in [-0.15, -0.1) is 0 Å². The van der Waals surface area contributed by atoms with Gasteiger partial charge in [0, 0.05) is 11.8 Å². The van der Waals surface area contributed by atoms with Crippen molar-refractivity contribution in [3.8, 4) is 17.0 Å². The Bertz CT molecular complexity index is 877. The lowest BCUT2D eigenvalue weighted by Crippen LogP contribution is -2.32. The molecule has 0 aliphatic rings. The highest BCUT2D eigenvalue weighted by Gasteiger charge is 2.21. The molecule has 2 heterocycles. The Morgan fingerprint density at radius 1 is 1.23 bits per heavy atom. The molecule has 2 N–H and O–H groups in total. The molecule has 5 nitrogen and oxygen atoms in total. The van der Waals surface area contributed by atoms with E-state index in [2.05, 4.69) is 9.97 Å². The monoisotopic (exact) mass is 390 g/mol. The van der Waals surface area contributed by atoms with Crippen LogP contribution in [0, 0.1) is 0 Å². The fourth-order valence-electron chi connectivity index (χ4n) is 2.35. The zero-order valence-electron chi connectivity index (χ0n) is 14.9. The van der Waals surface area contributed by atoms with Gasteiger partial charge in [0.05, 0.1) is 18.7 Å². The van der Waals surface area contributed by atoms with Crippen LogP contribution < -0.4 is 9.30 Å². The number of benzene rings is 1. The second-order valence-corrected chi connectivity index (χ2v) is 7.97. The van der Waals surface area contributed by atoms with E-state index < -0.39 is 5.60 Å². The number of aliphatic hydroxyl groups excluding tert-OH is 1. The summed E-state index contributed by atoms with van der Waals surface area (Å²) < 4.78 is 7.81. The zero-order chi connectivity index (χ0) is 18.7. The van der Waals surface area contributed by atoms with Gasteiger partial charge >= 0.3 is 0 Å². The largest absolute Gasteiger partial charge is 0.485 e. The zero-order valence-corrected chi connectivity index (χ0v) is 16.4. The molecule has 3 aromatic rings. The fraction of sp³-hybridized carbons (Fsp3) is 0.263. The Morgan fingerprint density at radius 2 is 1.96 bits per heavy atom. The highest BCUT2D eigenvalue weighted by Crippen LogP contribution is 2.32. The van der Waals surface area contributed by atoms with Crippen LogP contribution in [0.25, 0.3) is 11.3 Å². The molecule has 0 saturated carbocycles. The lowest BCUT2D eigenvalue weighted by atomic mass is 10.1. The van der Waals surface area contributed by atoms with Crippen molar-refractivity contribution in [2.24, 2.45) is 7.05 Å². The number of imidazole rings is 1. The highest BCUT2D eigenvalue weighted by molar-refractivity contribution is 7.99. The smallest absolute Gasteiger partial charge is 0.242 e. The summed E-state index contributed by atoms with van der Waals surface area (Å²) in [5.41, 5.74) is 1.43. The van der Waals surface area contributed by atoms with Crippen LogP contribution in [-0.2, 0) is 7.05 Å². The molecule has 0 aliphatic heterocycles. The molecule has 0 radical (unpaired) electrons. The molecule has 2 aromatic heterocycles. The van der Waals surface area contributed by atoms with E-state index in [9.17, 15) is 5.11 Å². The number of nitrogens with zero attached hydrogens (tertiary/aromatic N) is 2. The number of aromatic nitrogens is 3. The number of rotatable bonds is 6. The second-order valence-electron chi connectivity index (χ2n) is 6.53. The van der Waals surface area contributed by atoms with Crippen LogP contribution in [0.1, 0.15) is 13.8 Å². The van der Waals surface area contributed by atoms with E-state index in [4.69, 9.17) is 16.3 Å². The second kappa shape index (κ2) is 7.70. The molecule has 0 spiro atoms. The van der Waals surface area contributed by atoms with Crippen LogP contribution in [0.3, 0.4) is 0 Å². The van der Waals surface area contributed by atoms with E-state index >= 15 is 0 Å². The number of aromatic amines is 1. The summed E-state index contributed by atoms with van der Waals surface area (Å²) in [4.78, 5) is 7.66. The molecular weight excluding hydrogens is 370 g/mol. The van der Waals surface area contributed by atoms with Crippen LogP contribution >= 0.6 is 23.4 Å². The Labute approximate surface area is 162 Å². The van der Waals surface area contributed by atoms with Gasteiger partial charge < -0.3 is 9.84 Å². The first-order valence-corrected chi connectivity index (χ1v) is 9.34. The molecule has 1 aromatic carbocycles. The van der Waals surface area contributed by atoms with E-state index in [-0.39, 0.29) is 6.61 Å². The summed E-state index contributed by atoms with van der Waals surface area (Å²) in [5, 5.41) is 11.9. The number of aliphatic hydroxyl groups is 1. The quantitative estimate of drug-likeness (QED) is 0.627. The van der Waals surface area contributed by atoms with Gasteiger partial charge in [-0.25, -0.2) is 14.5 Å². The van der Waals surface area contributed by atoms with Gasteiger partial charge in [-0.05, 0) is 62.0 Å². The normalized spacial score (nSPS) is 11.6. The number of nitrogens with one attached hydrogen (secondary N) is 1. The van der Waals surface area contributed by atoms with Gasteiger partial charge in [-0.2, -0.15) is 0 Å². The standard InChI is InChI=1S/C19H20ClN3O2S/c1-19(2,11-24)25-15-7-4-13(5-8-15)17-18(23(3)12-22-17)26-16-9-6-14(20)10-21-16/h4-10,12,24H,11H2,1-3H3/p+1. The van der Waals surface area contributed by atoms with Crippen LogP contribution in [0.4, 0.5) is 0 Å². The molecule has 3 rings (SSSR count). The van der Waals surface area contributed by atoms with Gasteiger partial charge in [-0.1, -0.05) is 11.6 Å². The minimum Gasteiger partial charge on any atom is -0.485 e. The van der Waals surface area contributed by atoms with Crippen molar-refractivity contribution < 1.29 is 14.4 Å². The van der Waals surface area contributed by atoms with Gasteiger partial charge in [0.2, 0.25) is 11.4 Å². The number of pyridine rings is 1. The summed E-state index contributed by atoms with van der Waals surface area (Å²) in [6.45, 7) is 3.65. The van der Waals surface area contributed by atoms with Gasteiger partial charge in [0.1, 0.15) is 16.4 Å². The van der Waals surface area contributed by atoms with Crippen molar-refractivity contribution >= 4 is 23.4 Å². The summed E-state index contributed by atoms with van der Waals surface area (Å²) >= 11 is 7.48. The molecule has 0 fully saturated rings. The van der Waals surface area contributed by atoms with Crippen molar-refractivity contribution in [2.75, 3.05) is 6.61 Å². The van der Waals surface area contributed by atoms with Gasteiger partial charge in [0.25, 0.3) is 0 Å². The molecule has 26 heavy (non-hydrogen) atoms. The maximum absolute atomic E-state index is 9.33. The number of hydrogen-bond donors (Lipinski definition) is 2. The van der Waals surface area contributed by atoms with E-state index in [1.807, 2.05) is 68.2 Å². The van der Waals surface area contributed by atoms with E-state index in [0.29, 0.717) is 5.02 Å². The van der Waals surface area contributed by atoms with Crippen molar-refractivity contribution in [3.05, 3.63) is 53.9 Å².